The zero-order chi connectivity index (χ0) is 11.0. The van der Waals surface area contributed by atoms with E-state index in [0.29, 0.717) is 11.1 Å². The first-order valence-corrected chi connectivity index (χ1v) is 4.74. The highest BCUT2D eigenvalue weighted by molar-refractivity contribution is 5.42. The first-order valence-electron chi connectivity index (χ1n) is 4.74. The maximum atomic E-state index is 13.6. The summed E-state index contributed by atoms with van der Waals surface area (Å²) in [6.07, 6.45) is 1.77. The van der Waals surface area contributed by atoms with Crippen molar-refractivity contribution in [3.8, 4) is 5.69 Å². The Labute approximate surface area is 87.5 Å². The van der Waals surface area contributed by atoms with Crippen LogP contribution in [0.1, 0.15) is 16.8 Å². The summed E-state index contributed by atoms with van der Waals surface area (Å²) in [6, 6.07) is 3.59. The fraction of sp³-hybridized carbons (Fsp3) is 0.273. The van der Waals surface area contributed by atoms with E-state index in [1.165, 1.54) is 0 Å². The molecule has 0 spiro atoms. The molecule has 0 saturated heterocycles. The number of hydrogen-bond donors (Lipinski definition) is 0. The predicted octanol–water partition coefficient (Wildman–Crippen LogP) is 2.33. The minimum atomic E-state index is -0.180. The Morgan fingerprint density at radius 3 is 2.53 bits per heavy atom. The number of halogens is 1. The van der Waals surface area contributed by atoms with Crippen LogP contribution in [0.5, 0.6) is 0 Å². The fourth-order valence-corrected chi connectivity index (χ4v) is 1.52. The van der Waals surface area contributed by atoms with Gasteiger partial charge < -0.3 is 0 Å². The standard InChI is InChI=1S/C11H12FN3/c1-7-4-5-10(9(3)11(7)12)15-6-8(2)13-14-15/h4-6H,1-3H3. The van der Waals surface area contributed by atoms with Gasteiger partial charge in [-0.2, -0.15) is 0 Å². The molecule has 0 N–H and O–H groups in total. The molecule has 2 rings (SSSR count). The van der Waals surface area contributed by atoms with E-state index in [2.05, 4.69) is 10.3 Å². The molecule has 4 heteroatoms. The molecular weight excluding hydrogens is 193 g/mol. The van der Waals surface area contributed by atoms with Crippen molar-refractivity contribution in [3.05, 3.63) is 41.0 Å². The highest BCUT2D eigenvalue weighted by Crippen LogP contribution is 2.19. The number of aryl methyl sites for hydroxylation is 2. The van der Waals surface area contributed by atoms with Gasteiger partial charge in [-0.05, 0) is 32.4 Å². The topological polar surface area (TPSA) is 30.7 Å². The summed E-state index contributed by atoms with van der Waals surface area (Å²) in [5.74, 6) is -0.180. The van der Waals surface area contributed by atoms with Crippen LogP contribution in [-0.4, -0.2) is 15.0 Å². The van der Waals surface area contributed by atoms with E-state index in [1.807, 2.05) is 13.0 Å². The average molecular weight is 205 g/mol. The Kier molecular flexibility index (Phi) is 2.26. The summed E-state index contributed by atoms with van der Waals surface area (Å²) < 4.78 is 15.2. The summed E-state index contributed by atoms with van der Waals surface area (Å²) in [5.41, 5.74) is 2.79. The molecule has 0 radical (unpaired) electrons. The van der Waals surface area contributed by atoms with E-state index in [0.717, 1.165) is 11.4 Å². The second-order valence-electron chi connectivity index (χ2n) is 3.65. The van der Waals surface area contributed by atoms with Crippen molar-refractivity contribution in [1.82, 2.24) is 15.0 Å². The van der Waals surface area contributed by atoms with Gasteiger partial charge in [0.1, 0.15) is 5.82 Å². The van der Waals surface area contributed by atoms with Crippen LogP contribution >= 0.6 is 0 Å². The van der Waals surface area contributed by atoms with Crippen LogP contribution in [-0.2, 0) is 0 Å². The summed E-state index contributed by atoms with van der Waals surface area (Å²) in [4.78, 5) is 0. The Balaban J connectivity index is 2.59. The third-order valence-corrected chi connectivity index (χ3v) is 2.41. The van der Waals surface area contributed by atoms with E-state index < -0.39 is 0 Å². The molecule has 1 aromatic heterocycles. The Hall–Kier alpha value is -1.71. The van der Waals surface area contributed by atoms with Crippen LogP contribution in [0.3, 0.4) is 0 Å². The lowest BCUT2D eigenvalue weighted by atomic mass is 10.1. The van der Waals surface area contributed by atoms with Crippen molar-refractivity contribution in [2.45, 2.75) is 20.8 Å². The van der Waals surface area contributed by atoms with Gasteiger partial charge in [-0.3, -0.25) is 0 Å². The van der Waals surface area contributed by atoms with Crippen LogP contribution in [0.25, 0.3) is 5.69 Å². The maximum Gasteiger partial charge on any atom is 0.131 e. The zero-order valence-electron chi connectivity index (χ0n) is 8.95. The second kappa shape index (κ2) is 3.46. The molecule has 1 aromatic carbocycles. The Morgan fingerprint density at radius 1 is 1.20 bits per heavy atom. The second-order valence-corrected chi connectivity index (χ2v) is 3.65. The zero-order valence-corrected chi connectivity index (χ0v) is 8.95. The van der Waals surface area contributed by atoms with Crippen LogP contribution < -0.4 is 0 Å². The molecule has 0 amide bonds. The van der Waals surface area contributed by atoms with Crippen molar-refractivity contribution in [2.24, 2.45) is 0 Å². The summed E-state index contributed by atoms with van der Waals surface area (Å²) in [7, 11) is 0. The first kappa shape index (κ1) is 9.83. The van der Waals surface area contributed by atoms with Crippen molar-refractivity contribution in [3.63, 3.8) is 0 Å². The minimum absolute atomic E-state index is 0.180. The molecule has 15 heavy (non-hydrogen) atoms. The van der Waals surface area contributed by atoms with Crippen molar-refractivity contribution < 1.29 is 4.39 Å². The molecule has 0 fully saturated rings. The van der Waals surface area contributed by atoms with E-state index in [9.17, 15) is 4.39 Å². The quantitative estimate of drug-likeness (QED) is 0.715. The number of rotatable bonds is 1. The van der Waals surface area contributed by atoms with E-state index in [4.69, 9.17) is 0 Å². The van der Waals surface area contributed by atoms with Gasteiger partial charge in [0.15, 0.2) is 0 Å². The van der Waals surface area contributed by atoms with Crippen LogP contribution in [0.4, 0.5) is 4.39 Å². The van der Waals surface area contributed by atoms with Gasteiger partial charge in [0.05, 0.1) is 17.6 Å². The van der Waals surface area contributed by atoms with Crippen LogP contribution in [0.2, 0.25) is 0 Å². The Morgan fingerprint density at radius 2 is 1.93 bits per heavy atom. The monoisotopic (exact) mass is 205 g/mol. The molecule has 0 aliphatic carbocycles. The van der Waals surface area contributed by atoms with Crippen LogP contribution in [0.15, 0.2) is 18.3 Å². The van der Waals surface area contributed by atoms with Gasteiger partial charge in [0, 0.05) is 5.56 Å². The maximum absolute atomic E-state index is 13.6. The number of nitrogens with zero attached hydrogens (tertiary/aromatic N) is 3. The molecule has 78 valence electrons. The van der Waals surface area contributed by atoms with Crippen LogP contribution in [0, 0.1) is 26.6 Å². The van der Waals surface area contributed by atoms with Crippen molar-refractivity contribution in [2.75, 3.05) is 0 Å². The molecular formula is C11H12FN3. The predicted molar refractivity (Wildman–Crippen MR) is 55.5 cm³/mol. The molecule has 0 aliphatic heterocycles. The molecule has 1 heterocycles. The van der Waals surface area contributed by atoms with Crippen molar-refractivity contribution in [1.29, 1.82) is 0 Å². The van der Waals surface area contributed by atoms with Gasteiger partial charge in [-0.25, -0.2) is 9.07 Å². The molecule has 0 unspecified atom stereocenters. The van der Waals surface area contributed by atoms with Crippen molar-refractivity contribution >= 4 is 0 Å². The SMILES string of the molecule is Cc1cn(-c2ccc(C)c(F)c2C)nn1. The first-order chi connectivity index (χ1) is 7.09. The van der Waals surface area contributed by atoms with Gasteiger partial charge in [-0.15, -0.1) is 5.10 Å². The smallest absolute Gasteiger partial charge is 0.131 e. The third-order valence-electron chi connectivity index (χ3n) is 2.41. The largest absolute Gasteiger partial charge is 0.220 e. The lowest BCUT2D eigenvalue weighted by Gasteiger charge is -2.07. The minimum Gasteiger partial charge on any atom is -0.220 e. The van der Waals surface area contributed by atoms with E-state index in [-0.39, 0.29) is 5.82 Å². The number of hydrogen-bond acceptors (Lipinski definition) is 2. The lowest BCUT2D eigenvalue weighted by Crippen LogP contribution is -2.01. The lowest BCUT2D eigenvalue weighted by molar-refractivity contribution is 0.605. The summed E-state index contributed by atoms with van der Waals surface area (Å²) >= 11 is 0. The molecule has 0 saturated carbocycles. The molecule has 0 atom stereocenters. The number of aromatic nitrogens is 3. The highest BCUT2D eigenvalue weighted by atomic mass is 19.1. The van der Waals surface area contributed by atoms with Gasteiger partial charge in [0.25, 0.3) is 0 Å². The molecule has 3 nitrogen and oxygen atoms in total. The van der Waals surface area contributed by atoms with Gasteiger partial charge in [-0.1, -0.05) is 11.3 Å². The highest BCUT2D eigenvalue weighted by Gasteiger charge is 2.09. The average Bonchev–Trinajstić information content (AvgIpc) is 2.61. The fourth-order valence-electron chi connectivity index (χ4n) is 1.52. The molecule has 0 bridgehead atoms. The number of benzene rings is 1. The summed E-state index contributed by atoms with van der Waals surface area (Å²) in [6.45, 7) is 5.34. The molecule has 2 aromatic rings. The summed E-state index contributed by atoms with van der Waals surface area (Å²) in [5, 5.41) is 7.79. The Bertz CT molecular complexity index is 503. The van der Waals surface area contributed by atoms with E-state index in [1.54, 1.807) is 30.8 Å². The molecule has 0 aliphatic rings. The normalized spacial score (nSPS) is 10.7. The van der Waals surface area contributed by atoms with Gasteiger partial charge >= 0.3 is 0 Å². The third kappa shape index (κ3) is 1.63. The van der Waals surface area contributed by atoms with Gasteiger partial charge in [0.2, 0.25) is 0 Å². The van der Waals surface area contributed by atoms with E-state index >= 15 is 0 Å².